The number of aromatic nitrogens is 1. The number of carbonyl (C=O) groups excluding carboxylic acids is 1. The molecule has 0 saturated carbocycles. The summed E-state index contributed by atoms with van der Waals surface area (Å²) in [5, 5.41) is 4.32. The molecule has 1 aliphatic carbocycles. The lowest BCUT2D eigenvalue weighted by Gasteiger charge is -2.40. The number of nitrogens with zero attached hydrogens (tertiary/aromatic N) is 4. The smallest absolute Gasteiger partial charge is 0.241 e. The van der Waals surface area contributed by atoms with Gasteiger partial charge in [-0.2, -0.15) is 0 Å². The molecule has 8 heteroatoms. The average molecular weight is 659 g/mol. The van der Waals surface area contributed by atoms with Crippen LogP contribution in [0.1, 0.15) is 53.3 Å². The summed E-state index contributed by atoms with van der Waals surface area (Å²) in [6.07, 6.45) is 14.5. The van der Waals surface area contributed by atoms with Gasteiger partial charge in [-0.3, -0.25) is 19.7 Å². The van der Waals surface area contributed by atoms with Gasteiger partial charge >= 0.3 is 0 Å². The molecule has 6 rings (SSSR count). The Kier molecular flexibility index (Phi) is 9.84. The standard InChI is InChI=1S/C35H37BrClN5O/c36-29-20-28-10-9-27-21-30(37)11-12-31(27)34(33(28)40-22-29)41-19-17-39-32(24-41)35(43)42(23-26-7-2-1-3-8-26)18-5-4-6-25-13-15-38-16-14-25/h1-3,6-8,11-13,15-16,20-22,32,34,39H,4-5,9-10,14,17-19,23-24H2/t32-,34+/m1/s1. The van der Waals surface area contributed by atoms with E-state index < -0.39 is 0 Å². The van der Waals surface area contributed by atoms with E-state index in [9.17, 15) is 4.79 Å². The van der Waals surface area contributed by atoms with Crippen LogP contribution in [0.2, 0.25) is 5.02 Å². The van der Waals surface area contributed by atoms with E-state index in [1.165, 1.54) is 22.3 Å². The van der Waals surface area contributed by atoms with E-state index in [0.29, 0.717) is 19.6 Å². The monoisotopic (exact) mass is 657 g/mol. The maximum absolute atomic E-state index is 14.2. The molecule has 3 heterocycles. The highest BCUT2D eigenvalue weighted by molar-refractivity contribution is 9.10. The number of piperazine rings is 1. The molecule has 0 radical (unpaired) electrons. The fourth-order valence-corrected chi connectivity index (χ4v) is 6.97. The number of hydrogen-bond donors (Lipinski definition) is 1. The predicted octanol–water partition coefficient (Wildman–Crippen LogP) is 6.68. The summed E-state index contributed by atoms with van der Waals surface area (Å²) in [4.78, 5) is 27.8. The Bertz CT molecular complexity index is 1480. The number of benzene rings is 2. The lowest BCUT2D eigenvalue weighted by Crippen LogP contribution is -2.58. The van der Waals surface area contributed by atoms with Gasteiger partial charge in [-0.25, -0.2) is 0 Å². The van der Waals surface area contributed by atoms with Crippen LogP contribution >= 0.6 is 27.5 Å². The van der Waals surface area contributed by atoms with Gasteiger partial charge in [0, 0.05) is 67.3 Å². The summed E-state index contributed by atoms with van der Waals surface area (Å²) in [6, 6.07) is 18.4. The second-order valence-corrected chi connectivity index (χ2v) is 12.8. The minimum absolute atomic E-state index is 0.0310. The van der Waals surface area contributed by atoms with Crippen LogP contribution < -0.4 is 5.32 Å². The fourth-order valence-electron chi connectivity index (χ4n) is 6.39. The molecule has 6 nitrogen and oxygen atoms in total. The second-order valence-electron chi connectivity index (χ2n) is 11.5. The van der Waals surface area contributed by atoms with E-state index in [4.69, 9.17) is 16.6 Å². The molecule has 1 N–H and O–H groups in total. The summed E-state index contributed by atoms with van der Waals surface area (Å²) < 4.78 is 0.988. The number of nitrogens with one attached hydrogen (secondary N) is 1. The fraction of sp³-hybridized carbons (Fsp3) is 0.343. The normalized spacial score (nSPS) is 20.8. The molecular weight excluding hydrogens is 622 g/mol. The Labute approximate surface area is 267 Å². The van der Waals surface area contributed by atoms with Crippen molar-refractivity contribution in [3.63, 3.8) is 0 Å². The highest BCUT2D eigenvalue weighted by Crippen LogP contribution is 2.38. The van der Waals surface area contributed by atoms with Gasteiger partial charge in [-0.05, 0) is 93.7 Å². The molecule has 2 aromatic carbocycles. The van der Waals surface area contributed by atoms with Crippen molar-refractivity contribution in [3.05, 3.63) is 122 Å². The summed E-state index contributed by atoms with van der Waals surface area (Å²) in [6.45, 7) is 3.49. The summed E-state index contributed by atoms with van der Waals surface area (Å²) >= 11 is 10.1. The minimum atomic E-state index is -0.300. The number of fused-ring (bicyclic) bond motifs is 2. The second kappa shape index (κ2) is 14.1. The lowest BCUT2D eigenvalue weighted by atomic mass is 9.95. The van der Waals surface area contributed by atoms with Crippen molar-refractivity contribution in [1.29, 1.82) is 0 Å². The molecule has 2 aliphatic heterocycles. The molecule has 43 heavy (non-hydrogen) atoms. The number of aliphatic imine (C=N–C) groups is 1. The van der Waals surface area contributed by atoms with Crippen molar-refractivity contribution in [1.82, 2.24) is 20.1 Å². The first-order valence-corrected chi connectivity index (χ1v) is 16.3. The average Bonchev–Trinajstić information content (AvgIpc) is 3.19. The minimum Gasteiger partial charge on any atom is -0.337 e. The number of allylic oxidation sites excluding steroid dienone is 3. The number of carbonyl (C=O) groups is 1. The molecule has 222 valence electrons. The van der Waals surface area contributed by atoms with E-state index in [1.807, 2.05) is 47.8 Å². The molecule has 0 spiro atoms. The third-order valence-electron chi connectivity index (χ3n) is 8.53. The molecular formula is C35H37BrClN5O. The van der Waals surface area contributed by atoms with Crippen LogP contribution in [0.3, 0.4) is 0 Å². The van der Waals surface area contributed by atoms with Crippen molar-refractivity contribution in [2.24, 2.45) is 4.99 Å². The topological polar surface area (TPSA) is 60.8 Å². The van der Waals surface area contributed by atoms with E-state index in [2.05, 4.69) is 73.6 Å². The lowest BCUT2D eigenvalue weighted by molar-refractivity contribution is -0.135. The van der Waals surface area contributed by atoms with Crippen LogP contribution in [0.25, 0.3) is 0 Å². The molecule has 1 aromatic heterocycles. The Morgan fingerprint density at radius 3 is 2.84 bits per heavy atom. The van der Waals surface area contributed by atoms with Gasteiger partial charge in [0.25, 0.3) is 0 Å². The zero-order chi connectivity index (χ0) is 29.6. The SMILES string of the molecule is O=C([C@H]1CN([C@H]2c3ccc(Cl)cc3CCc3cc(Br)cnc32)CCN1)N(CCCC=C1C=CN=CC1)Cc1ccccc1. The van der Waals surface area contributed by atoms with Gasteiger partial charge in [-0.15, -0.1) is 0 Å². The van der Waals surface area contributed by atoms with Gasteiger partial charge in [0.15, 0.2) is 0 Å². The molecule has 1 amide bonds. The van der Waals surface area contributed by atoms with Crippen molar-refractivity contribution < 1.29 is 4.79 Å². The zero-order valence-corrected chi connectivity index (χ0v) is 26.6. The van der Waals surface area contributed by atoms with Gasteiger partial charge in [0.05, 0.1) is 17.8 Å². The van der Waals surface area contributed by atoms with Crippen molar-refractivity contribution in [2.45, 2.75) is 50.7 Å². The first-order chi connectivity index (χ1) is 21.0. The molecule has 3 aromatic rings. The highest BCUT2D eigenvalue weighted by Gasteiger charge is 2.36. The summed E-state index contributed by atoms with van der Waals surface area (Å²) in [5.41, 5.74) is 7.24. The molecule has 3 aliphatic rings. The molecule has 1 saturated heterocycles. The van der Waals surface area contributed by atoms with Crippen molar-refractivity contribution in [2.75, 3.05) is 26.2 Å². The first-order valence-electron chi connectivity index (χ1n) is 15.1. The molecule has 0 bridgehead atoms. The number of pyridine rings is 1. The van der Waals surface area contributed by atoms with E-state index in [0.717, 1.165) is 65.9 Å². The Morgan fingerprint density at radius 1 is 1.14 bits per heavy atom. The number of aryl methyl sites for hydroxylation is 2. The number of rotatable bonds is 8. The molecule has 2 atom stereocenters. The van der Waals surface area contributed by atoms with Crippen LogP contribution in [0.15, 0.2) is 94.2 Å². The number of hydrogen-bond acceptors (Lipinski definition) is 5. The van der Waals surface area contributed by atoms with Gasteiger partial charge < -0.3 is 10.2 Å². The maximum Gasteiger partial charge on any atom is 0.241 e. The van der Waals surface area contributed by atoms with Crippen LogP contribution in [-0.2, 0) is 24.2 Å². The van der Waals surface area contributed by atoms with Crippen LogP contribution in [0.4, 0.5) is 0 Å². The first kappa shape index (κ1) is 29.9. The van der Waals surface area contributed by atoms with Crippen LogP contribution in [-0.4, -0.2) is 59.1 Å². The van der Waals surface area contributed by atoms with Crippen molar-refractivity contribution >= 4 is 39.7 Å². The third-order valence-corrected chi connectivity index (χ3v) is 9.20. The van der Waals surface area contributed by atoms with Crippen molar-refractivity contribution in [3.8, 4) is 0 Å². The van der Waals surface area contributed by atoms with Crippen LogP contribution in [0.5, 0.6) is 0 Å². The Balaban J connectivity index is 1.23. The highest BCUT2D eigenvalue weighted by atomic mass is 79.9. The van der Waals surface area contributed by atoms with Gasteiger partial charge in [-0.1, -0.05) is 54.1 Å². The largest absolute Gasteiger partial charge is 0.337 e. The Morgan fingerprint density at radius 2 is 2.00 bits per heavy atom. The maximum atomic E-state index is 14.2. The number of amides is 1. The number of unbranched alkanes of at least 4 members (excludes halogenated alkanes) is 1. The Hall–Kier alpha value is -3.10. The van der Waals surface area contributed by atoms with Gasteiger partial charge in [0.2, 0.25) is 5.91 Å². The summed E-state index contributed by atoms with van der Waals surface area (Å²) in [7, 11) is 0. The molecule has 0 unspecified atom stereocenters. The van der Waals surface area contributed by atoms with E-state index in [1.54, 1.807) is 0 Å². The number of halogens is 2. The van der Waals surface area contributed by atoms with E-state index in [-0.39, 0.29) is 18.0 Å². The third kappa shape index (κ3) is 7.35. The summed E-state index contributed by atoms with van der Waals surface area (Å²) in [5.74, 6) is 0.153. The van der Waals surface area contributed by atoms with E-state index >= 15 is 0 Å². The van der Waals surface area contributed by atoms with Gasteiger partial charge in [0.1, 0.15) is 0 Å². The van der Waals surface area contributed by atoms with Crippen LogP contribution in [0, 0.1) is 0 Å². The predicted molar refractivity (Wildman–Crippen MR) is 177 cm³/mol. The quantitative estimate of drug-likeness (QED) is 0.274. The zero-order valence-electron chi connectivity index (χ0n) is 24.3. The molecule has 1 fully saturated rings.